The first-order chi connectivity index (χ1) is 6.20. The van der Waals surface area contributed by atoms with Gasteiger partial charge in [-0.05, 0) is 26.9 Å². The van der Waals surface area contributed by atoms with Crippen molar-refractivity contribution in [1.82, 2.24) is 9.80 Å². The zero-order chi connectivity index (χ0) is 9.68. The number of rotatable bonds is 3. The maximum Gasteiger partial charge on any atom is 0.246 e. The Morgan fingerprint density at radius 2 is 2.00 bits per heavy atom. The van der Waals surface area contributed by atoms with E-state index < -0.39 is 0 Å². The molecule has 3 heteroatoms. The first kappa shape index (κ1) is 10.3. The van der Waals surface area contributed by atoms with Gasteiger partial charge in [0.2, 0.25) is 5.91 Å². The van der Waals surface area contributed by atoms with E-state index in [4.69, 9.17) is 0 Å². The van der Waals surface area contributed by atoms with Crippen LogP contribution in [0.1, 0.15) is 12.8 Å². The highest BCUT2D eigenvalue weighted by Crippen LogP contribution is 2.07. The third kappa shape index (κ3) is 3.59. The van der Waals surface area contributed by atoms with Gasteiger partial charge in [-0.1, -0.05) is 6.08 Å². The molecule has 0 aliphatic carbocycles. The van der Waals surface area contributed by atoms with Crippen molar-refractivity contribution in [2.75, 3.05) is 33.7 Å². The predicted octanol–water partition coefficient (Wildman–Crippen LogP) is 0.727. The summed E-state index contributed by atoms with van der Waals surface area (Å²) in [5.74, 6) is 0.166. The molecular formula is C10H18N2O. The van der Waals surface area contributed by atoms with Crippen molar-refractivity contribution in [3.05, 3.63) is 12.2 Å². The molecule has 1 saturated heterocycles. The highest BCUT2D eigenvalue weighted by atomic mass is 16.2. The van der Waals surface area contributed by atoms with Crippen LogP contribution in [0.5, 0.6) is 0 Å². The molecule has 0 atom stereocenters. The number of carbonyl (C=O) groups is 1. The Bertz CT molecular complexity index is 193. The second-order valence-electron chi connectivity index (χ2n) is 3.70. The Morgan fingerprint density at radius 3 is 2.54 bits per heavy atom. The summed E-state index contributed by atoms with van der Waals surface area (Å²) in [6, 6.07) is 0. The van der Waals surface area contributed by atoms with Crippen LogP contribution in [0.3, 0.4) is 0 Å². The third-order valence-corrected chi connectivity index (χ3v) is 2.15. The largest absolute Gasteiger partial charge is 0.339 e. The molecule has 0 bridgehead atoms. The number of nitrogens with zero attached hydrogens (tertiary/aromatic N) is 2. The standard InChI is InChI=1S/C10H18N2O/c1-11(2)7-5-6-10(13)12-8-3-4-9-12/h5-6H,3-4,7-9H2,1-2H3/b6-5+. The summed E-state index contributed by atoms with van der Waals surface area (Å²) in [5, 5.41) is 0. The molecule has 0 unspecified atom stereocenters. The van der Waals surface area contributed by atoms with E-state index >= 15 is 0 Å². The van der Waals surface area contributed by atoms with Crippen LogP contribution in [0.15, 0.2) is 12.2 Å². The molecule has 1 aliphatic rings. The van der Waals surface area contributed by atoms with E-state index in [1.54, 1.807) is 6.08 Å². The first-order valence-corrected chi connectivity index (χ1v) is 4.80. The van der Waals surface area contributed by atoms with Gasteiger partial charge in [-0.3, -0.25) is 4.79 Å². The highest BCUT2D eigenvalue weighted by Gasteiger charge is 2.14. The van der Waals surface area contributed by atoms with Crippen molar-refractivity contribution in [3.63, 3.8) is 0 Å². The van der Waals surface area contributed by atoms with Gasteiger partial charge in [0.1, 0.15) is 0 Å². The molecule has 1 amide bonds. The van der Waals surface area contributed by atoms with Gasteiger partial charge in [0.25, 0.3) is 0 Å². The maximum absolute atomic E-state index is 11.4. The number of amides is 1. The lowest BCUT2D eigenvalue weighted by Gasteiger charge is -2.12. The Kier molecular flexibility index (Phi) is 3.96. The topological polar surface area (TPSA) is 23.6 Å². The van der Waals surface area contributed by atoms with Crippen molar-refractivity contribution in [3.8, 4) is 0 Å². The number of carbonyl (C=O) groups excluding carboxylic acids is 1. The van der Waals surface area contributed by atoms with Crippen molar-refractivity contribution in [1.29, 1.82) is 0 Å². The summed E-state index contributed by atoms with van der Waals surface area (Å²) in [4.78, 5) is 15.4. The second kappa shape index (κ2) is 5.02. The van der Waals surface area contributed by atoms with E-state index in [9.17, 15) is 4.79 Å². The van der Waals surface area contributed by atoms with E-state index in [-0.39, 0.29) is 5.91 Å². The summed E-state index contributed by atoms with van der Waals surface area (Å²) in [6.07, 6.45) is 5.92. The second-order valence-corrected chi connectivity index (χ2v) is 3.70. The molecule has 13 heavy (non-hydrogen) atoms. The van der Waals surface area contributed by atoms with Crippen LogP contribution in [0.25, 0.3) is 0 Å². The summed E-state index contributed by atoms with van der Waals surface area (Å²) < 4.78 is 0. The van der Waals surface area contributed by atoms with Crippen LogP contribution < -0.4 is 0 Å². The van der Waals surface area contributed by atoms with E-state index in [2.05, 4.69) is 0 Å². The van der Waals surface area contributed by atoms with Gasteiger partial charge in [-0.25, -0.2) is 0 Å². The molecule has 0 aromatic heterocycles. The van der Waals surface area contributed by atoms with Crippen molar-refractivity contribution in [2.45, 2.75) is 12.8 Å². The molecule has 1 fully saturated rings. The molecule has 0 radical (unpaired) electrons. The van der Waals surface area contributed by atoms with Crippen LogP contribution in [-0.4, -0.2) is 49.4 Å². The van der Waals surface area contributed by atoms with Crippen molar-refractivity contribution >= 4 is 5.91 Å². The minimum absolute atomic E-state index is 0.166. The molecule has 0 saturated carbocycles. The fraction of sp³-hybridized carbons (Fsp3) is 0.700. The van der Waals surface area contributed by atoms with E-state index in [0.29, 0.717) is 0 Å². The van der Waals surface area contributed by atoms with Gasteiger partial charge in [-0.15, -0.1) is 0 Å². The Morgan fingerprint density at radius 1 is 1.38 bits per heavy atom. The normalized spacial score (nSPS) is 17.6. The van der Waals surface area contributed by atoms with Gasteiger partial charge in [0, 0.05) is 25.7 Å². The molecule has 1 rings (SSSR count). The zero-order valence-corrected chi connectivity index (χ0v) is 8.49. The molecule has 1 aliphatic heterocycles. The summed E-state index contributed by atoms with van der Waals surface area (Å²) in [5.41, 5.74) is 0. The Hall–Kier alpha value is -0.830. The molecule has 3 nitrogen and oxygen atoms in total. The number of hydrogen-bond donors (Lipinski definition) is 0. The van der Waals surface area contributed by atoms with Gasteiger partial charge >= 0.3 is 0 Å². The third-order valence-electron chi connectivity index (χ3n) is 2.15. The van der Waals surface area contributed by atoms with Gasteiger partial charge in [0.15, 0.2) is 0 Å². The number of hydrogen-bond acceptors (Lipinski definition) is 2. The number of likely N-dealkylation sites (N-methyl/N-ethyl adjacent to an activating group) is 1. The summed E-state index contributed by atoms with van der Waals surface area (Å²) >= 11 is 0. The predicted molar refractivity (Wildman–Crippen MR) is 53.5 cm³/mol. The lowest BCUT2D eigenvalue weighted by atomic mass is 10.4. The van der Waals surface area contributed by atoms with E-state index in [1.807, 2.05) is 30.0 Å². The van der Waals surface area contributed by atoms with Gasteiger partial charge < -0.3 is 9.80 Å². The average molecular weight is 182 g/mol. The maximum atomic E-state index is 11.4. The minimum Gasteiger partial charge on any atom is -0.339 e. The molecular weight excluding hydrogens is 164 g/mol. The Labute approximate surface area is 80.0 Å². The smallest absolute Gasteiger partial charge is 0.246 e. The van der Waals surface area contributed by atoms with Crippen LogP contribution >= 0.6 is 0 Å². The zero-order valence-electron chi connectivity index (χ0n) is 8.49. The van der Waals surface area contributed by atoms with Gasteiger partial charge in [0.05, 0.1) is 0 Å². The fourth-order valence-corrected chi connectivity index (χ4v) is 1.41. The van der Waals surface area contributed by atoms with E-state index in [0.717, 1.165) is 32.5 Å². The molecule has 0 aromatic carbocycles. The lowest BCUT2D eigenvalue weighted by Crippen LogP contribution is -2.25. The number of likely N-dealkylation sites (tertiary alicyclic amines) is 1. The highest BCUT2D eigenvalue weighted by molar-refractivity contribution is 5.87. The quantitative estimate of drug-likeness (QED) is 0.601. The van der Waals surface area contributed by atoms with Crippen LogP contribution in [0, 0.1) is 0 Å². The molecule has 0 aromatic rings. The minimum atomic E-state index is 0.166. The molecule has 0 N–H and O–H groups in total. The fourth-order valence-electron chi connectivity index (χ4n) is 1.41. The SMILES string of the molecule is CN(C)C/C=C/C(=O)N1CCCC1. The monoisotopic (exact) mass is 182 g/mol. The van der Waals surface area contributed by atoms with Crippen molar-refractivity contribution < 1.29 is 4.79 Å². The van der Waals surface area contributed by atoms with Gasteiger partial charge in [-0.2, -0.15) is 0 Å². The molecule has 0 spiro atoms. The summed E-state index contributed by atoms with van der Waals surface area (Å²) in [7, 11) is 3.98. The Balaban J connectivity index is 2.27. The summed E-state index contributed by atoms with van der Waals surface area (Å²) in [6.45, 7) is 2.70. The van der Waals surface area contributed by atoms with Crippen LogP contribution in [0.2, 0.25) is 0 Å². The van der Waals surface area contributed by atoms with Crippen LogP contribution in [-0.2, 0) is 4.79 Å². The molecule has 74 valence electrons. The lowest BCUT2D eigenvalue weighted by molar-refractivity contribution is -0.125. The molecule has 1 heterocycles. The average Bonchev–Trinajstić information content (AvgIpc) is 2.55. The first-order valence-electron chi connectivity index (χ1n) is 4.80. The van der Waals surface area contributed by atoms with E-state index in [1.165, 1.54) is 0 Å². The van der Waals surface area contributed by atoms with Crippen LogP contribution in [0.4, 0.5) is 0 Å². The van der Waals surface area contributed by atoms with Crippen molar-refractivity contribution in [2.24, 2.45) is 0 Å².